The summed E-state index contributed by atoms with van der Waals surface area (Å²) in [6.07, 6.45) is -3.59. The highest BCUT2D eigenvalue weighted by molar-refractivity contribution is 5.98. The van der Waals surface area contributed by atoms with Gasteiger partial charge in [-0.25, -0.2) is 4.68 Å². The van der Waals surface area contributed by atoms with E-state index in [1.165, 1.54) is 14.2 Å². The van der Waals surface area contributed by atoms with Gasteiger partial charge in [-0.15, -0.1) is 0 Å². The van der Waals surface area contributed by atoms with Gasteiger partial charge in [0.2, 0.25) is 0 Å². The monoisotopic (exact) mass is 398 g/mol. The number of amides is 1. The molecule has 0 fully saturated rings. The number of carbonyl (C=O) groups is 1. The van der Waals surface area contributed by atoms with Gasteiger partial charge < -0.3 is 20.1 Å². The lowest BCUT2D eigenvalue weighted by atomic mass is 9.96. The minimum atomic E-state index is -4.50. The third kappa shape index (κ3) is 4.06. The highest BCUT2D eigenvalue weighted by atomic mass is 19.4. The van der Waals surface area contributed by atoms with E-state index in [1.54, 1.807) is 24.3 Å². The van der Waals surface area contributed by atoms with E-state index in [0.29, 0.717) is 17.9 Å². The molecule has 2 heterocycles. The van der Waals surface area contributed by atoms with E-state index in [4.69, 9.17) is 9.47 Å². The minimum absolute atomic E-state index is 0.0457. The van der Waals surface area contributed by atoms with Crippen LogP contribution in [0.25, 0.3) is 0 Å². The Morgan fingerprint density at radius 1 is 1.32 bits per heavy atom. The van der Waals surface area contributed by atoms with Gasteiger partial charge in [-0.05, 0) is 17.7 Å². The molecule has 1 aliphatic rings. The second-order valence-electron chi connectivity index (χ2n) is 6.36. The van der Waals surface area contributed by atoms with E-state index < -0.39 is 24.2 Å². The highest BCUT2D eigenvalue weighted by Crippen LogP contribution is 2.44. The number of anilines is 1. The Balaban J connectivity index is 1.92. The van der Waals surface area contributed by atoms with Crippen LogP contribution < -0.4 is 15.4 Å². The number of nitrogens with one attached hydrogen (secondary N) is 2. The maximum Gasteiger partial charge on any atom is 0.410 e. The van der Waals surface area contributed by atoms with Gasteiger partial charge in [-0.3, -0.25) is 4.79 Å². The van der Waals surface area contributed by atoms with Gasteiger partial charge in [-0.2, -0.15) is 18.3 Å². The fourth-order valence-electron chi connectivity index (χ4n) is 3.15. The normalized spacial score (nSPS) is 18.9. The summed E-state index contributed by atoms with van der Waals surface area (Å²) in [6, 6.07) is 4.31. The van der Waals surface area contributed by atoms with Crippen molar-refractivity contribution in [1.29, 1.82) is 0 Å². The predicted molar refractivity (Wildman–Crippen MR) is 95.5 cm³/mol. The molecule has 2 N–H and O–H groups in total. The average Bonchev–Trinajstić information content (AvgIpc) is 3.10. The fourth-order valence-corrected chi connectivity index (χ4v) is 3.15. The summed E-state index contributed by atoms with van der Waals surface area (Å²) in [5.74, 6) is 0.140. The molecule has 0 bridgehead atoms. The summed E-state index contributed by atoms with van der Waals surface area (Å²) in [4.78, 5) is 12.4. The van der Waals surface area contributed by atoms with Crippen molar-refractivity contribution in [2.45, 2.75) is 24.7 Å². The molecule has 0 radical (unpaired) electrons. The summed E-state index contributed by atoms with van der Waals surface area (Å²) >= 11 is 0. The quantitative estimate of drug-likeness (QED) is 0.732. The predicted octanol–water partition coefficient (Wildman–Crippen LogP) is 2.93. The first-order valence-electron chi connectivity index (χ1n) is 8.67. The summed E-state index contributed by atoms with van der Waals surface area (Å²) in [7, 11) is 3.00. The SMILES string of the molecule is COCCNC(=O)c1cnn2c1N[C@@H](c1ccc(OC)cc1)C[C@H]2C(F)(F)F. The van der Waals surface area contributed by atoms with Crippen molar-refractivity contribution < 1.29 is 27.4 Å². The maximum atomic E-state index is 13.7. The molecule has 3 rings (SSSR count). The van der Waals surface area contributed by atoms with E-state index in [1.807, 2.05) is 0 Å². The number of hydrogen-bond donors (Lipinski definition) is 2. The largest absolute Gasteiger partial charge is 0.497 e. The lowest BCUT2D eigenvalue weighted by molar-refractivity contribution is -0.173. The third-order valence-electron chi connectivity index (χ3n) is 4.59. The van der Waals surface area contributed by atoms with Crippen LogP contribution in [0.5, 0.6) is 5.75 Å². The number of nitrogens with zero attached hydrogens (tertiary/aromatic N) is 2. The number of ether oxygens (including phenoxy) is 2. The van der Waals surface area contributed by atoms with Crippen molar-refractivity contribution in [3.05, 3.63) is 41.6 Å². The Labute approximate surface area is 159 Å². The lowest BCUT2D eigenvalue weighted by Crippen LogP contribution is -2.36. The molecule has 1 aromatic carbocycles. The van der Waals surface area contributed by atoms with Crippen molar-refractivity contribution in [2.75, 3.05) is 32.7 Å². The van der Waals surface area contributed by atoms with Gasteiger partial charge in [0.25, 0.3) is 5.91 Å². The number of hydrogen-bond acceptors (Lipinski definition) is 5. The van der Waals surface area contributed by atoms with E-state index in [2.05, 4.69) is 15.7 Å². The van der Waals surface area contributed by atoms with E-state index in [0.717, 1.165) is 10.9 Å². The zero-order chi connectivity index (χ0) is 20.3. The molecule has 152 valence electrons. The van der Waals surface area contributed by atoms with Crippen LogP contribution in [-0.2, 0) is 4.74 Å². The summed E-state index contributed by atoms with van der Waals surface area (Å²) in [5.41, 5.74) is 0.719. The van der Waals surface area contributed by atoms with Crippen LogP contribution >= 0.6 is 0 Å². The van der Waals surface area contributed by atoms with Crippen LogP contribution in [0.15, 0.2) is 30.5 Å². The Bertz CT molecular complexity index is 820. The second-order valence-corrected chi connectivity index (χ2v) is 6.36. The van der Waals surface area contributed by atoms with Crippen LogP contribution in [0, 0.1) is 0 Å². The summed E-state index contributed by atoms with van der Waals surface area (Å²) in [6.45, 7) is 0.535. The van der Waals surface area contributed by atoms with Gasteiger partial charge in [0, 0.05) is 20.1 Å². The third-order valence-corrected chi connectivity index (χ3v) is 4.59. The molecule has 2 aromatic rings. The molecule has 2 atom stereocenters. The highest BCUT2D eigenvalue weighted by Gasteiger charge is 2.47. The first kappa shape index (κ1) is 20.0. The lowest BCUT2D eigenvalue weighted by Gasteiger charge is -2.34. The number of alkyl halides is 3. The van der Waals surface area contributed by atoms with Crippen molar-refractivity contribution in [3.8, 4) is 5.75 Å². The van der Waals surface area contributed by atoms with Crippen LogP contribution in [0.4, 0.5) is 19.0 Å². The number of halogens is 3. The van der Waals surface area contributed by atoms with Crippen molar-refractivity contribution >= 4 is 11.7 Å². The molecular formula is C18H21F3N4O3. The van der Waals surface area contributed by atoms with Crippen LogP contribution in [-0.4, -0.2) is 49.2 Å². The molecule has 0 aliphatic carbocycles. The number of benzene rings is 1. The van der Waals surface area contributed by atoms with Crippen LogP contribution in [0.2, 0.25) is 0 Å². The Morgan fingerprint density at radius 2 is 2.04 bits per heavy atom. The van der Waals surface area contributed by atoms with Gasteiger partial charge in [0.05, 0.1) is 26.0 Å². The summed E-state index contributed by atoms with van der Waals surface area (Å²) < 4.78 is 51.8. The molecule has 28 heavy (non-hydrogen) atoms. The minimum Gasteiger partial charge on any atom is -0.497 e. The molecule has 1 aliphatic heterocycles. The maximum absolute atomic E-state index is 13.7. The molecule has 0 spiro atoms. The first-order valence-corrected chi connectivity index (χ1v) is 8.67. The molecule has 7 nitrogen and oxygen atoms in total. The number of methoxy groups -OCH3 is 2. The number of fused-ring (bicyclic) bond motifs is 1. The standard InChI is InChI=1S/C18H21F3N4O3/c1-27-8-7-22-17(26)13-10-23-25-15(18(19,20)21)9-14(24-16(13)25)11-3-5-12(28-2)6-4-11/h3-6,10,14-15,24H,7-9H2,1-2H3,(H,22,26)/t14-,15+/m1/s1. The second kappa shape index (κ2) is 8.09. The van der Waals surface area contributed by atoms with Crippen molar-refractivity contribution in [2.24, 2.45) is 0 Å². The van der Waals surface area contributed by atoms with E-state index >= 15 is 0 Å². The Kier molecular flexibility index (Phi) is 5.78. The molecule has 0 unspecified atom stereocenters. The molecule has 10 heteroatoms. The molecule has 1 aromatic heterocycles. The van der Waals surface area contributed by atoms with Crippen molar-refractivity contribution in [1.82, 2.24) is 15.1 Å². The molecule has 0 saturated carbocycles. The van der Waals surface area contributed by atoms with Gasteiger partial charge in [-0.1, -0.05) is 12.1 Å². The average molecular weight is 398 g/mol. The van der Waals surface area contributed by atoms with Gasteiger partial charge in [0.1, 0.15) is 17.1 Å². The van der Waals surface area contributed by atoms with E-state index in [9.17, 15) is 18.0 Å². The van der Waals surface area contributed by atoms with E-state index in [-0.39, 0.29) is 24.3 Å². The molecule has 0 saturated heterocycles. The number of carbonyl (C=O) groups excluding carboxylic acids is 1. The Morgan fingerprint density at radius 3 is 2.64 bits per heavy atom. The van der Waals surface area contributed by atoms with Gasteiger partial charge >= 0.3 is 6.18 Å². The van der Waals surface area contributed by atoms with Crippen LogP contribution in [0.3, 0.4) is 0 Å². The topological polar surface area (TPSA) is 77.4 Å². The molecule has 1 amide bonds. The number of rotatable bonds is 6. The zero-order valence-electron chi connectivity index (χ0n) is 15.4. The summed E-state index contributed by atoms with van der Waals surface area (Å²) in [5, 5.41) is 9.48. The zero-order valence-corrected chi connectivity index (χ0v) is 15.4. The Hall–Kier alpha value is -2.75. The van der Waals surface area contributed by atoms with Crippen LogP contribution in [0.1, 0.15) is 34.4 Å². The smallest absolute Gasteiger partial charge is 0.410 e. The first-order chi connectivity index (χ1) is 13.3. The number of aromatic nitrogens is 2. The molecular weight excluding hydrogens is 377 g/mol. The van der Waals surface area contributed by atoms with Gasteiger partial charge in [0.15, 0.2) is 6.04 Å². The fraction of sp³-hybridized carbons (Fsp3) is 0.444. The van der Waals surface area contributed by atoms with Crippen molar-refractivity contribution in [3.63, 3.8) is 0 Å².